The smallest absolute Gasteiger partial charge is 0.326 e. The largest absolute Gasteiger partial charge is 0.480 e. The summed E-state index contributed by atoms with van der Waals surface area (Å²) >= 11 is 0. The van der Waals surface area contributed by atoms with E-state index >= 15 is 0 Å². The van der Waals surface area contributed by atoms with Gasteiger partial charge in [-0.3, -0.25) is 4.79 Å². The van der Waals surface area contributed by atoms with Crippen LogP contribution in [0.25, 0.3) is 0 Å². The fraction of sp³-hybridized carbons (Fsp3) is 0.429. The molecule has 1 aromatic rings. The Morgan fingerprint density at radius 3 is 2.25 bits per heavy atom. The first-order chi connectivity index (χ1) is 9.29. The lowest BCUT2D eigenvalue weighted by molar-refractivity contribution is -0.141. The predicted molar refractivity (Wildman–Crippen MR) is 72.9 cm³/mol. The number of nitriles is 1. The van der Waals surface area contributed by atoms with Gasteiger partial charge in [0.15, 0.2) is 15.3 Å². The zero-order valence-corrected chi connectivity index (χ0v) is 12.0. The molecule has 0 unspecified atom stereocenters. The molecule has 2 rings (SSSR count). The highest BCUT2D eigenvalue weighted by Gasteiger charge is 2.76. The van der Waals surface area contributed by atoms with Crippen LogP contribution in [0.2, 0.25) is 0 Å². The average Bonchev–Trinajstić information content (AvgIpc) is 3.09. The van der Waals surface area contributed by atoms with E-state index in [2.05, 4.69) is 0 Å². The van der Waals surface area contributed by atoms with Crippen LogP contribution in [0.4, 0.5) is 0 Å². The normalized spacial score (nSPS) is 28.6. The number of aryl methyl sites for hydroxylation is 1. The van der Waals surface area contributed by atoms with Crippen molar-refractivity contribution in [2.24, 2.45) is 5.41 Å². The average molecular weight is 293 g/mol. The Kier molecular flexibility index (Phi) is 3.34. The van der Waals surface area contributed by atoms with Crippen molar-refractivity contribution in [2.75, 3.05) is 6.26 Å². The number of benzene rings is 1. The van der Waals surface area contributed by atoms with Gasteiger partial charge < -0.3 is 5.11 Å². The Morgan fingerprint density at radius 2 is 1.95 bits per heavy atom. The Morgan fingerprint density at radius 1 is 1.40 bits per heavy atom. The first-order valence-corrected chi connectivity index (χ1v) is 8.16. The first-order valence-electron chi connectivity index (χ1n) is 6.21. The first kappa shape index (κ1) is 14.5. The van der Waals surface area contributed by atoms with Gasteiger partial charge in [-0.2, -0.15) is 5.26 Å². The van der Waals surface area contributed by atoms with Crippen molar-refractivity contribution in [1.82, 2.24) is 0 Å². The SMILES string of the molecule is CCc1ccc([C@@H]2[C@@H](S(C)(=O)=O)[C@@]2(C#N)C(=O)O)cc1. The van der Waals surface area contributed by atoms with Gasteiger partial charge in [0.05, 0.1) is 6.07 Å². The zero-order valence-electron chi connectivity index (χ0n) is 11.2. The molecule has 6 heteroatoms. The maximum atomic E-state index is 11.8. The van der Waals surface area contributed by atoms with E-state index in [9.17, 15) is 23.6 Å². The molecule has 1 aliphatic carbocycles. The summed E-state index contributed by atoms with van der Waals surface area (Å²) in [5.41, 5.74) is -0.203. The van der Waals surface area contributed by atoms with Crippen molar-refractivity contribution >= 4 is 15.8 Å². The minimum absolute atomic E-state index is 0.585. The number of hydrogen-bond donors (Lipinski definition) is 1. The van der Waals surface area contributed by atoms with Gasteiger partial charge in [-0.25, -0.2) is 8.42 Å². The molecule has 1 aromatic carbocycles. The summed E-state index contributed by atoms with van der Waals surface area (Å²) in [6.07, 6.45) is 1.82. The van der Waals surface area contributed by atoms with Crippen LogP contribution in [-0.4, -0.2) is 31.0 Å². The highest BCUT2D eigenvalue weighted by atomic mass is 32.2. The molecule has 1 fully saturated rings. The van der Waals surface area contributed by atoms with Crippen LogP contribution in [0, 0.1) is 16.7 Å². The number of nitrogens with zero attached hydrogens (tertiary/aromatic N) is 1. The van der Waals surface area contributed by atoms with Crippen LogP contribution in [0.15, 0.2) is 24.3 Å². The lowest BCUT2D eigenvalue weighted by Gasteiger charge is -2.03. The summed E-state index contributed by atoms with van der Waals surface area (Å²) in [6, 6.07) is 8.79. The van der Waals surface area contributed by atoms with Crippen LogP contribution in [0.1, 0.15) is 24.0 Å². The summed E-state index contributed by atoms with van der Waals surface area (Å²) in [7, 11) is -3.61. The summed E-state index contributed by atoms with van der Waals surface area (Å²) in [6.45, 7) is 1.99. The number of rotatable bonds is 4. The molecule has 0 aliphatic heterocycles. The molecular weight excluding hydrogens is 278 g/mol. The lowest BCUT2D eigenvalue weighted by Crippen LogP contribution is -2.21. The number of sulfone groups is 1. The summed E-state index contributed by atoms with van der Waals surface area (Å²) in [5.74, 6) is -2.18. The van der Waals surface area contributed by atoms with E-state index in [-0.39, 0.29) is 0 Å². The molecule has 3 atom stereocenters. The van der Waals surface area contributed by atoms with Crippen molar-refractivity contribution in [3.05, 3.63) is 35.4 Å². The molecule has 0 saturated heterocycles. The Hall–Kier alpha value is -1.87. The third-order valence-electron chi connectivity index (χ3n) is 3.88. The molecule has 0 aromatic heterocycles. The summed E-state index contributed by atoms with van der Waals surface area (Å²) in [4.78, 5) is 11.4. The molecule has 0 radical (unpaired) electrons. The minimum Gasteiger partial charge on any atom is -0.480 e. The maximum absolute atomic E-state index is 11.8. The van der Waals surface area contributed by atoms with Gasteiger partial charge in [-0.05, 0) is 17.5 Å². The third-order valence-corrected chi connectivity index (χ3v) is 5.45. The summed E-state index contributed by atoms with van der Waals surface area (Å²) in [5, 5.41) is 17.3. The van der Waals surface area contributed by atoms with Crippen LogP contribution in [0.3, 0.4) is 0 Å². The Bertz CT molecular complexity index is 687. The van der Waals surface area contributed by atoms with Crippen molar-refractivity contribution in [3.8, 4) is 6.07 Å². The van der Waals surface area contributed by atoms with Crippen molar-refractivity contribution < 1.29 is 18.3 Å². The lowest BCUT2D eigenvalue weighted by atomic mass is 9.99. The van der Waals surface area contributed by atoms with Crippen LogP contribution in [-0.2, 0) is 21.1 Å². The van der Waals surface area contributed by atoms with Gasteiger partial charge in [0.1, 0.15) is 5.25 Å². The van der Waals surface area contributed by atoms with Gasteiger partial charge >= 0.3 is 5.97 Å². The maximum Gasteiger partial charge on any atom is 0.326 e. The fourth-order valence-electron chi connectivity index (χ4n) is 2.78. The van der Waals surface area contributed by atoms with Crippen molar-refractivity contribution in [1.29, 1.82) is 5.26 Å². The minimum atomic E-state index is -3.61. The molecule has 0 bridgehead atoms. The van der Waals surface area contributed by atoms with Gasteiger partial charge in [-0.1, -0.05) is 31.2 Å². The number of carboxylic acids is 1. The van der Waals surface area contributed by atoms with Crippen molar-refractivity contribution in [2.45, 2.75) is 24.5 Å². The Balaban J connectivity index is 2.49. The number of carbonyl (C=O) groups is 1. The van der Waals surface area contributed by atoms with E-state index in [1.54, 1.807) is 18.2 Å². The molecule has 0 spiro atoms. The van der Waals surface area contributed by atoms with E-state index in [1.807, 2.05) is 19.1 Å². The number of hydrogen-bond acceptors (Lipinski definition) is 4. The third kappa shape index (κ3) is 1.98. The number of aliphatic carboxylic acids is 1. The molecule has 1 saturated carbocycles. The second-order valence-corrected chi connectivity index (χ2v) is 7.28. The zero-order chi connectivity index (χ0) is 15.1. The highest BCUT2D eigenvalue weighted by molar-refractivity contribution is 7.91. The second-order valence-electron chi connectivity index (χ2n) is 5.11. The topological polar surface area (TPSA) is 95.2 Å². The van der Waals surface area contributed by atoms with Gasteiger partial charge in [0, 0.05) is 12.2 Å². The Labute approximate surface area is 117 Å². The fourth-order valence-corrected chi connectivity index (χ4v) is 4.54. The van der Waals surface area contributed by atoms with Gasteiger partial charge in [-0.15, -0.1) is 0 Å². The van der Waals surface area contributed by atoms with E-state index in [0.717, 1.165) is 18.2 Å². The van der Waals surface area contributed by atoms with Crippen molar-refractivity contribution in [3.63, 3.8) is 0 Å². The van der Waals surface area contributed by atoms with E-state index in [4.69, 9.17) is 0 Å². The van der Waals surface area contributed by atoms with Crippen LogP contribution in [0.5, 0.6) is 0 Å². The number of carboxylic acid groups (broad SMARTS) is 1. The van der Waals surface area contributed by atoms with E-state index in [0.29, 0.717) is 5.56 Å². The molecule has 5 nitrogen and oxygen atoms in total. The monoisotopic (exact) mass is 293 g/mol. The standard InChI is InChI=1S/C14H15NO4S/c1-3-9-4-6-10(7-5-9)11-12(20(2,18)19)14(11,8-15)13(16)17/h4-7,11-12H,3H2,1-2H3,(H,16,17)/t11-,12-,14+/m1/s1. The second kappa shape index (κ2) is 4.60. The molecule has 0 heterocycles. The predicted octanol–water partition coefficient (Wildman–Crippen LogP) is 1.35. The molecule has 20 heavy (non-hydrogen) atoms. The molecule has 1 aliphatic rings. The molecular formula is C14H15NO4S. The van der Waals surface area contributed by atoms with Gasteiger partial charge in [0.2, 0.25) is 0 Å². The van der Waals surface area contributed by atoms with Crippen LogP contribution >= 0.6 is 0 Å². The van der Waals surface area contributed by atoms with E-state index in [1.165, 1.54) is 0 Å². The quantitative estimate of drug-likeness (QED) is 0.904. The van der Waals surface area contributed by atoms with Crippen LogP contribution < -0.4 is 0 Å². The van der Waals surface area contributed by atoms with E-state index < -0.39 is 32.4 Å². The molecule has 106 valence electrons. The molecule has 0 amide bonds. The van der Waals surface area contributed by atoms with Gasteiger partial charge in [0.25, 0.3) is 0 Å². The summed E-state index contributed by atoms with van der Waals surface area (Å²) < 4.78 is 23.5. The molecule has 1 N–H and O–H groups in total. The highest BCUT2D eigenvalue weighted by Crippen LogP contribution is 2.62.